The number of nitrogens with zero attached hydrogens (tertiary/aromatic N) is 1. The Kier molecular flexibility index (Phi) is 5.42. The average Bonchev–Trinajstić information content (AvgIpc) is 2.52. The van der Waals surface area contributed by atoms with Gasteiger partial charge in [0.2, 0.25) is 0 Å². The lowest BCUT2D eigenvalue weighted by Crippen LogP contribution is -2.35. The predicted molar refractivity (Wildman–Crippen MR) is 86.5 cm³/mol. The fraction of sp³-hybridized carbons (Fsp3) is 0.200. The van der Waals surface area contributed by atoms with Crippen LogP contribution in [0, 0.1) is 0 Å². The van der Waals surface area contributed by atoms with E-state index in [4.69, 9.17) is 17.3 Å². The highest BCUT2D eigenvalue weighted by Crippen LogP contribution is 2.33. The Morgan fingerprint density at radius 1 is 1.08 bits per heavy atom. The number of rotatable bonds is 5. The number of nitrogens with two attached hydrogens (primary N) is 1. The summed E-state index contributed by atoms with van der Waals surface area (Å²) < 4.78 is 65.0. The lowest BCUT2D eigenvalue weighted by atomic mass is 10.2. The van der Waals surface area contributed by atoms with Crippen molar-refractivity contribution < 1.29 is 21.6 Å². The van der Waals surface area contributed by atoms with Crippen molar-refractivity contribution in [1.29, 1.82) is 0 Å². The summed E-state index contributed by atoms with van der Waals surface area (Å²) in [5, 5.41) is 0.346. The van der Waals surface area contributed by atoms with Crippen LogP contribution in [-0.2, 0) is 16.2 Å². The van der Waals surface area contributed by atoms with Crippen LogP contribution in [0.2, 0.25) is 5.02 Å². The van der Waals surface area contributed by atoms with Crippen LogP contribution in [0.5, 0.6) is 0 Å². The molecule has 24 heavy (non-hydrogen) atoms. The highest BCUT2D eigenvalue weighted by atomic mass is 35.5. The van der Waals surface area contributed by atoms with Gasteiger partial charge in [-0.15, -0.1) is 0 Å². The molecule has 4 nitrogen and oxygen atoms in total. The van der Waals surface area contributed by atoms with E-state index < -0.39 is 21.8 Å². The number of alkyl halides is 3. The van der Waals surface area contributed by atoms with E-state index in [2.05, 4.69) is 0 Å². The Labute approximate surface area is 142 Å². The van der Waals surface area contributed by atoms with E-state index in [1.54, 1.807) is 0 Å². The van der Waals surface area contributed by atoms with Crippen LogP contribution in [0.25, 0.3) is 0 Å². The third-order valence-corrected chi connectivity index (χ3v) is 5.29. The molecule has 0 aliphatic carbocycles. The molecule has 0 aliphatic heterocycles. The summed E-state index contributed by atoms with van der Waals surface area (Å²) in [6, 6.07) is 9.45. The van der Waals surface area contributed by atoms with E-state index in [9.17, 15) is 21.6 Å². The van der Waals surface area contributed by atoms with Gasteiger partial charge in [-0.3, -0.25) is 4.31 Å². The average molecular weight is 379 g/mol. The topological polar surface area (TPSA) is 63.4 Å². The zero-order valence-electron chi connectivity index (χ0n) is 12.3. The van der Waals surface area contributed by atoms with Crippen molar-refractivity contribution in [3.63, 3.8) is 0 Å². The first-order valence-electron chi connectivity index (χ1n) is 6.82. The molecular formula is C15H14ClF3N2O2S. The molecule has 0 unspecified atom stereocenters. The maximum atomic E-state index is 12.9. The van der Waals surface area contributed by atoms with Crippen LogP contribution in [0.3, 0.4) is 0 Å². The molecule has 2 N–H and O–H groups in total. The van der Waals surface area contributed by atoms with Gasteiger partial charge >= 0.3 is 6.18 Å². The Hall–Kier alpha value is -1.77. The maximum absolute atomic E-state index is 12.9. The van der Waals surface area contributed by atoms with Crippen molar-refractivity contribution in [2.45, 2.75) is 11.1 Å². The number of hydrogen-bond acceptors (Lipinski definition) is 3. The van der Waals surface area contributed by atoms with Crippen molar-refractivity contribution in [2.75, 3.05) is 17.4 Å². The van der Waals surface area contributed by atoms with Gasteiger partial charge in [-0.2, -0.15) is 13.2 Å². The summed E-state index contributed by atoms with van der Waals surface area (Å²) in [6.07, 6.45) is -4.57. The highest BCUT2D eigenvalue weighted by Gasteiger charge is 2.32. The van der Waals surface area contributed by atoms with Crippen LogP contribution in [0.15, 0.2) is 53.4 Å². The van der Waals surface area contributed by atoms with Crippen LogP contribution < -0.4 is 10.0 Å². The van der Waals surface area contributed by atoms with E-state index in [-0.39, 0.29) is 23.7 Å². The molecule has 2 aromatic rings. The SMILES string of the molecule is NCCN(c1cccc(C(F)(F)F)c1)S(=O)(=O)c1ccc(Cl)cc1. The Balaban J connectivity index is 2.51. The van der Waals surface area contributed by atoms with E-state index in [0.29, 0.717) is 5.02 Å². The van der Waals surface area contributed by atoms with Gasteiger partial charge in [-0.25, -0.2) is 8.42 Å². The minimum atomic E-state index is -4.57. The second-order valence-electron chi connectivity index (χ2n) is 4.87. The second-order valence-corrected chi connectivity index (χ2v) is 7.17. The third-order valence-electron chi connectivity index (χ3n) is 3.20. The number of sulfonamides is 1. The quantitative estimate of drug-likeness (QED) is 0.866. The lowest BCUT2D eigenvalue weighted by molar-refractivity contribution is -0.137. The van der Waals surface area contributed by atoms with E-state index in [0.717, 1.165) is 22.5 Å². The number of anilines is 1. The van der Waals surface area contributed by atoms with Gasteiger partial charge in [-0.1, -0.05) is 17.7 Å². The molecule has 130 valence electrons. The fourth-order valence-corrected chi connectivity index (χ4v) is 3.67. The van der Waals surface area contributed by atoms with Crippen LogP contribution in [0.4, 0.5) is 18.9 Å². The van der Waals surface area contributed by atoms with E-state index >= 15 is 0 Å². The molecule has 2 rings (SSSR count). The first-order chi connectivity index (χ1) is 11.2. The molecule has 0 aromatic heterocycles. The van der Waals surface area contributed by atoms with Gasteiger partial charge in [0.1, 0.15) is 0 Å². The smallest absolute Gasteiger partial charge is 0.329 e. The third kappa shape index (κ3) is 4.00. The molecule has 0 amide bonds. The van der Waals surface area contributed by atoms with Crippen LogP contribution >= 0.6 is 11.6 Å². The van der Waals surface area contributed by atoms with Crippen molar-refractivity contribution in [3.05, 3.63) is 59.1 Å². The molecule has 0 spiro atoms. The van der Waals surface area contributed by atoms with Crippen LogP contribution in [-0.4, -0.2) is 21.5 Å². The Morgan fingerprint density at radius 3 is 2.25 bits per heavy atom. The molecule has 9 heteroatoms. The summed E-state index contributed by atoms with van der Waals surface area (Å²) in [5.74, 6) is 0. The minimum absolute atomic E-state index is 0.0525. The number of halogens is 4. The molecule has 0 atom stereocenters. The van der Waals surface area contributed by atoms with Crippen molar-refractivity contribution >= 4 is 27.3 Å². The highest BCUT2D eigenvalue weighted by molar-refractivity contribution is 7.92. The molecule has 0 saturated heterocycles. The minimum Gasteiger partial charge on any atom is -0.329 e. The van der Waals surface area contributed by atoms with E-state index in [1.807, 2.05) is 0 Å². The summed E-state index contributed by atoms with van der Waals surface area (Å²) in [4.78, 5) is -0.0854. The fourth-order valence-electron chi connectivity index (χ4n) is 2.08. The van der Waals surface area contributed by atoms with Gasteiger partial charge in [-0.05, 0) is 42.5 Å². The van der Waals surface area contributed by atoms with Crippen LogP contribution in [0.1, 0.15) is 5.56 Å². The van der Waals surface area contributed by atoms with E-state index in [1.165, 1.54) is 30.3 Å². The number of hydrogen-bond donors (Lipinski definition) is 1. The molecule has 0 saturated carbocycles. The molecule has 0 fully saturated rings. The maximum Gasteiger partial charge on any atom is 0.416 e. The number of benzene rings is 2. The monoisotopic (exact) mass is 378 g/mol. The summed E-state index contributed by atoms with van der Waals surface area (Å²) in [6.45, 7) is -0.213. The predicted octanol–water partition coefficient (Wildman–Crippen LogP) is 3.51. The molecular weight excluding hydrogens is 365 g/mol. The van der Waals surface area contributed by atoms with Gasteiger partial charge in [0.05, 0.1) is 16.1 Å². The van der Waals surface area contributed by atoms with Crippen molar-refractivity contribution in [1.82, 2.24) is 0 Å². The molecule has 0 heterocycles. The Bertz CT molecular complexity index is 808. The normalized spacial score (nSPS) is 12.2. The first kappa shape index (κ1) is 18.6. The van der Waals surface area contributed by atoms with Crippen molar-refractivity contribution in [2.24, 2.45) is 5.73 Å². The van der Waals surface area contributed by atoms with Crippen molar-refractivity contribution in [3.8, 4) is 0 Å². The lowest BCUT2D eigenvalue weighted by Gasteiger charge is -2.24. The van der Waals surface area contributed by atoms with Gasteiger partial charge in [0.25, 0.3) is 10.0 Å². The second kappa shape index (κ2) is 7.00. The zero-order valence-corrected chi connectivity index (χ0v) is 13.9. The standard InChI is InChI=1S/C15H14ClF3N2O2S/c16-12-4-6-14(7-5-12)24(22,23)21(9-8-20)13-3-1-2-11(10-13)15(17,18)19/h1-7,10H,8-9,20H2. The zero-order chi connectivity index (χ0) is 18.0. The summed E-state index contributed by atoms with van der Waals surface area (Å²) in [7, 11) is -4.07. The first-order valence-corrected chi connectivity index (χ1v) is 8.63. The Morgan fingerprint density at radius 2 is 1.71 bits per heavy atom. The molecule has 0 radical (unpaired) electrons. The summed E-state index contributed by atoms with van der Waals surface area (Å²) >= 11 is 5.74. The largest absolute Gasteiger partial charge is 0.416 e. The molecule has 2 aromatic carbocycles. The van der Waals surface area contributed by atoms with Gasteiger partial charge in [0.15, 0.2) is 0 Å². The molecule has 0 bridgehead atoms. The van der Waals surface area contributed by atoms with Gasteiger partial charge in [0, 0.05) is 18.1 Å². The summed E-state index contributed by atoms with van der Waals surface area (Å²) in [5.41, 5.74) is 4.40. The molecule has 0 aliphatic rings. The van der Waals surface area contributed by atoms with Gasteiger partial charge < -0.3 is 5.73 Å².